The van der Waals surface area contributed by atoms with Gasteiger partial charge >= 0.3 is 5.69 Å². The van der Waals surface area contributed by atoms with Crippen LogP contribution in [-0.2, 0) is 9.84 Å². The van der Waals surface area contributed by atoms with Gasteiger partial charge in [-0.3, -0.25) is 14.3 Å². The summed E-state index contributed by atoms with van der Waals surface area (Å²) >= 11 is 0. The lowest BCUT2D eigenvalue weighted by atomic mass is 9.97. The van der Waals surface area contributed by atoms with Crippen LogP contribution < -0.4 is 11.2 Å². The van der Waals surface area contributed by atoms with E-state index in [1.54, 1.807) is 0 Å². The molecule has 1 aliphatic heterocycles. The van der Waals surface area contributed by atoms with Crippen LogP contribution in [0.15, 0.2) is 21.9 Å². The van der Waals surface area contributed by atoms with Gasteiger partial charge in [0, 0.05) is 12.3 Å². The summed E-state index contributed by atoms with van der Waals surface area (Å²) in [5.74, 6) is 2.01. The molecule has 19 heavy (non-hydrogen) atoms. The molecule has 1 aromatic heterocycles. The van der Waals surface area contributed by atoms with Crippen LogP contribution in [0.2, 0.25) is 0 Å². The van der Waals surface area contributed by atoms with Crippen molar-refractivity contribution in [3.63, 3.8) is 0 Å². The fourth-order valence-electron chi connectivity index (χ4n) is 1.92. The summed E-state index contributed by atoms with van der Waals surface area (Å²) in [6, 6.07) is 1.04. The second-order valence-corrected chi connectivity index (χ2v) is 4.14. The normalized spacial score (nSPS) is 34.1. The molecule has 1 aromatic rings. The molecule has 0 saturated carbocycles. The molecule has 0 bridgehead atoms. The van der Waals surface area contributed by atoms with Gasteiger partial charge < -0.3 is 14.9 Å². The van der Waals surface area contributed by atoms with Crippen molar-refractivity contribution >= 4 is 0 Å². The number of aliphatic hydroxyl groups is 2. The number of H-pyrrole nitrogens is 1. The van der Waals surface area contributed by atoms with Crippen LogP contribution in [0.5, 0.6) is 0 Å². The average Bonchev–Trinajstić information content (AvgIpc) is 2.64. The minimum absolute atomic E-state index is 0.624. The summed E-state index contributed by atoms with van der Waals surface area (Å²) in [6.45, 7) is -0.976. The van der Waals surface area contributed by atoms with Gasteiger partial charge in [0.05, 0.1) is 0 Å². The van der Waals surface area contributed by atoms with Crippen molar-refractivity contribution in [1.29, 1.82) is 0 Å². The highest BCUT2D eigenvalue weighted by atomic mass is 16.6. The van der Waals surface area contributed by atoms with E-state index < -0.39 is 41.9 Å². The molecule has 2 rings (SSSR count). The summed E-state index contributed by atoms with van der Waals surface area (Å²) < 4.78 is 6.02. The van der Waals surface area contributed by atoms with Crippen LogP contribution in [0, 0.1) is 12.3 Å². The zero-order valence-electron chi connectivity index (χ0n) is 9.65. The fourth-order valence-corrected chi connectivity index (χ4v) is 1.92. The molecule has 1 aliphatic rings. The molecule has 2 heterocycles. The SMILES string of the molecule is C#C[C@]1(C[O])O[C@@H](n2ccc(=O)[nH]c2=O)[C@H](O)[C@@H]1O. The van der Waals surface area contributed by atoms with E-state index in [9.17, 15) is 24.9 Å². The Hall–Kier alpha value is -1.92. The summed E-state index contributed by atoms with van der Waals surface area (Å²) in [5, 5.41) is 30.7. The number of ether oxygens (including phenoxy) is 1. The van der Waals surface area contributed by atoms with E-state index >= 15 is 0 Å². The van der Waals surface area contributed by atoms with Crippen LogP contribution in [-0.4, -0.2) is 44.2 Å². The average molecular weight is 267 g/mol. The Bertz CT molecular complexity index is 629. The smallest absolute Gasteiger partial charge is 0.330 e. The lowest BCUT2D eigenvalue weighted by Crippen LogP contribution is -2.44. The van der Waals surface area contributed by atoms with Crippen molar-refractivity contribution < 1.29 is 20.1 Å². The molecule has 101 valence electrons. The maximum absolute atomic E-state index is 11.6. The zero-order valence-corrected chi connectivity index (χ0v) is 9.65. The quantitative estimate of drug-likeness (QED) is 0.515. The highest BCUT2D eigenvalue weighted by Gasteiger charge is 2.54. The van der Waals surface area contributed by atoms with Gasteiger partial charge in [-0.05, 0) is 0 Å². The highest BCUT2D eigenvalue weighted by Crippen LogP contribution is 2.35. The van der Waals surface area contributed by atoms with Crippen molar-refractivity contribution in [3.8, 4) is 12.3 Å². The van der Waals surface area contributed by atoms with Gasteiger partial charge in [0.2, 0.25) is 0 Å². The zero-order chi connectivity index (χ0) is 14.2. The Morgan fingerprint density at radius 2 is 2.21 bits per heavy atom. The topological polar surface area (TPSA) is 124 Å². The molecule has 8 heteroatoms. The lowest BCUT2D eigenvalue weighted by Gasteiger charge is -2.22. The number of aromatic amines is 1. The minimum atomic E-state index is -1.90. The maximum Gasteiger partial charge on any atom is 0.330 e. The summed E-state index contributed by atoms with van der Waals surface area (Å²) in [7, 11) is 0. The molecular weight excluding hydrogens is 256 g/mol. The van der Waals surface area contributed by atoms with Gasteiger partial charge in [0.15, 0.2) is 11.8 Å². The molecule has 0 amide bonds. The van der Waals surface area contributed by atoms with Crippen molar-refractivity contribution in [1.82, 2.24) is 9.55 Å². The van der Waals surface area contributed by atoms with Crippen LogP contribution in [0.3, 0.4) is 0 Å². The number of nitrogens with one attached hydrogen (secondary N) is 1. The number of rotatable bonds is 2. The summed E-state index contributed by atoms with van der Waals surface area (Å²) in [4.78, 5) is 24.5. The van der Waals surface area contributed by atoms with Crippen LogP contribution >= 0.6 is 0 Å². The molecular formula is C11H11N2O6. The van der Waals surface area contributed by atoms with Gasteiger partial charge in [-0.1, -0.05) is 5.92 Å². The van der Waals surface area contributed by atoms with Crippen LogP contribution in [0.1, 0.15) is 6.23 Å². The van der Waals surface area contributed by atoms with Gasteiger partial charge in [0.25, 0.3) is 5.56 Å². The van der Waals surface area contributed by atoms with Gasteiger partial charge in [-0.15, -0.1) is 6.42 Å². The first kappa shape index (κ1) is 13.5. The first-order valence-electron chi connectivity index (χ1n) is 5.36. The van der Waals surface area contributed by atoms with E-state index in [0.29, 0.717) is 0 Å². The fraction of sp³-hybridized carbons (Fsp3) is 0.455. The molecule has 0 aliphatic carbocycles. The number of aromatic nitrogens is 2. The largest absolute Gasteiger partial charge is 0.386 e. The maximum atomic E-state index is 11.6. The van der Waals surface area contributed by atoms with Gasteiger partial charge in [-0.25, -0.2) is 9.90 Å². The minimum Gasteiger partial charge on any atom is -0.386 e. The number of nitrogens with zero attached hydrogens (tertiary/aromatic N) is 1. The number of aliphatic hydroxyl groups excluding tert-OH is 2. The second kappa shape index (κ2) is 4.64. The molecule has 8 nitrogen and oxygen atoms in total. The third-order valence-corrected chi connectivity index (χ3v) is 3.01. The Morgan fingerprint density at radius 3 is 2.68 bits per heavy atom. The van der Waals surface area contributed by atoms with E-state index in [2.05, 4.69) is 0 Å². The molecule has 1 fully saturated rings. The summed E-state index contributed by atoms with van der Waals surface area (Å²) in [6.07, 6.45) is 1.69. The predicted molar refractivity (Wildman–Crippen MR) is 60.6 cm³/mol. The first-order valence-corrected chi connectivity index (χ1v) is 5.36. The standard InChI is InChI=1S/C11H11N2O6/c1-2-11(5-14)8(17)7(16)9(19-11)13-4-3-6(15)12-10(13)18/h1,3-4,7-9,16-17H,5H2,(H,12,15,18)/t7-,8+,9-,11-/m1/s1. The van der Waals surface area contributed by atoms with Gasteiger partial charge in [0.1, 0.15) is 18.8 Å². The van der Waals surface area contributed by atoms with E-state index in [1.165, 1.54) is 0 Å². The number of hydrogen-bond acceptors (Lipinski definition) is 5. The van der Waals surface area contributed by atoms with E-state index in [4.69, 9.17) is 11.2 Å². The molecule has 1 radical (unpaired) electrons. The third kappa shape index (κ3) is 1.98. The monoisotopic (exact) mass is 267 g/mol. The molecule has 0 unspecified atom stereocenters. The summed E-state index contributed by atoms with van der Waals surface area (Å²) in [5.41, 5.74) is -3.37. The number of hydrogen-bond donors (Lipinski definition) is 3. The second-order valence-electron chi connectivity index (χ2n) is 4.14. The predicted octanol–water partition coefficient (Wildman–Crippen LogP) is -2.41. The van der Waals surface area contributed by atoms with Crippen LogP contribution in [0.25, 0.3) is 0 Å². The molecule has 1 saturated heterocycles. The molecule has 0 spiro atoms. The number of terminal acetylenes is 1. The highest BCUT2D eigenvalue weighted by molar-refractivity contribution is 5.18. The van der Waals surface area contributed by atoms with E-state index in [-0.39, 0.29) is 0 Å². The van der Waals surface area contributed by atoms with Crippen molar-refractivity contribution in [2.75, 3.05) is 6.61 Å². The van der Waals surface area contributed by atoms with Gasteiger partial charge in [-0.2, -0.15) is 0 Å². The van der Waals surface area contributed by atoms with Crippen molar-refractivity contribution in [3.05, 3.63) is 33.1 Å². The molecule has 4 atom stereocenters. The molecule has 3 N–H and O–H groups in total. The Morgan fingerprint density at radius 1 is 1.53 bits per heavy atom. The lowest BCUT2D eigenvalue weighted by molar-refractivity contribution is -0.106. The van der Waals surface area contributed by atoms with Crippen molar-refractivity contribution in [2.24, 2.45) is 0 Å². The first-order chi connectivity index (χ1) is 8.95. The Kier molecular flexibility index (Phi) is 3.30. The van der Waals surface area contributed by atoms with E-state index in [1.807, 2.05) is 10.9 Å². The third-order valence-electron chi connectivity index (χ3n) is 3.01. The molecule has 0 aromatic carbocycles. The van der Waals surface area contributed by atoms with Crippen molar-refractivity contribution in [2.45, 2.75) is 24.0 Å². The van der Waals surface area contributed by atoms with E-state index in [0.717, 1.165) is 16.8 Å². The Balaban J connectivity index is 2.46. The van der Waals surface area contributed by atoms with Crippen LogP contribution in [0.4, 0.5) is 0 Å². The Labute approximate surface area is 106 Å².